The molecule has 2 heterocycles. The Hall–Kier alpha value is -0.940. The molecule has 2 unspecified atom stereocenters. The molecule has 0 aromatic carbocycles. The lowest BCUT2D eigenvalue weighted by Gasteiger charge is -2.19. The predicted octanol–water partition coefficient (Wildman–Crippen LogP) is 0.547. The van der Waals surface area contributed by atoms with Crippen molar-refractivity contribution in [2.75, 3.05) is 13.1 Å². The van der Waals surface area contributed by atoms with Gasteiger partial charge in [-0.25, -0.2) is 4.63 Å². The van der Waals surface area contributed by atoms with Crippen LogP contribution in [0.2, 0.25) is 0 Å². The molecule has 2 rings (SSSR count). The Balaban J connectivity index is 1.98. The van der Waals surface area contributed by atoms with E-state index in [1.165, 1.54) is 6.42 Å². The summed E-state index contributed by atoms with van der Waals surface area (Å²) in [5.74, 6) is 0.625. The van der Waals surface area contributed by atoms with Crippen LogP contribution in [0.3, 0.4) is 0 Å². The first-order valence-electron chi connectivity index (χ1n) is 5.43. The Morgan fingerprint density at radius 1 is 1.53 bits per heavy atom. The van der Waals surface area contributed by atoms with Gasteiger partial charge >= 0.3 is 0 Å². The zero-order valence-electron chi connectivity index (χ0n) is 9.31. The summed E-state index contributed by atoms with van der Waals surface area (Å²) >= 11 is 0. The van der Waals surface area contributed by atoms with Crippen LogP contribution >= 0.6 is 0 Å². The van der Waals surface area contributed by atoms with Gasteiger partial charge in [0.1, 0.15) is 11.4 Å². The molecule has 2 atom stereocenters. The van der Waals surface area contributed by atoms with E-state index >= 15 is 0 Å². The third kappa shape index (κ3) is 2.18. The van der Waals surface area contributed by atoms with Crippen molar-refractivity contribution in [1.29, 1.82) is 0 Å². The summed E-state index contributed by atoms with van der Waals surface area (Å²) in [7, 11) is 0. The molecule has 0 aliphatic carbocycles. The molecule has 1 saturated heterocycles. The van der Waals surface area contributed by atoms with Crippen molar-refractivity contribution in [3.8, 4) is 0 Å². The van der Waals surface area contributed by atoms with Crippen LogP contribution in [-0.2, 0) is 6.54 Å². The van der Waals surface area contributed by atoms with Crippen LogP contribution in [0.1, 0.15) is 24.7 Å². The third-order valence-corrected chi connectivity index (χ3v) is 3.22. The molecule has 1 aromatic heterocycles. The van der Waals surface area contributed by atoms with Gasteiger partial charge in [0.2, 0.25) is 0 Å². The second-order valence-corrected chi connectivity index (χ2v) is 4.41. The SMILES string of the molecule is Cc1nonc1CN1CC(CN)CC1C. The fourth-order valence-corrected chi connectivity index (χ4v) is 2.19. The largest absolute Gasteiger partial charge is 0.330 e. The zero-order valence-corrected chi connectivity index (χ0v) is 9.31. The number of hydrogen-bond acceptors (Lipinski definition) is 5. The highest BCUT2D eigenvalue weighted by Crippen LogP contribution is 2.23. The predicted molar refractivity (Wildman–Crippen MR) is 56.1 cm³/mol. The Kier molecular flexibility index (Phi) is 3.02. The molecular weight excluding hydrogens is 192 g/mol. The summed E-state index contributed by atoms with van der Waals surface area (Å²) in [4.78, 5) is 2.39. The van der Waals surface area contributed by atoms with Crippen LogP contribution in [-0.4, -0.2) is 34.3 Å². The van der Waals surface area contributed by atoms with Crippen molar-refractivity contribution in [2.45, 2.75) is 32.9 Å². The molecular formula is C10H18N4O. The lowest BCUT2D eigenvalue weighted by atomic mass is 10.1. The van der Waals surface area contributed by atoms with Gasteiger partial charge in [0.15, 0.2) is 0 Å². The molecule has 1 fully saturated rings. The monoisotopic (exact) mass is 210 g/mol. The lowest BCUT2D eigenvalue weighted by Crippen LogP contribution is -2.27. The summed E-state index contributed by atoms with van der Waals surface area (Å²) in [5.41, 5.74) is 7.52. The lowest BCUT2D eigenvalue weighted by molar-refractivity contribution is 0.241. The van der Waals surface area contributed by atoms with E-state index in [2.05, 4.69) is 22.1 Å². The Bertz CT molecular complexity index is 325. The fraction of sp³-hybridized carbons (Fsp3) is 0.800. The number of nitrogens with zero attached hydrogens (tertiary/aromatic N) is 3. The van der Waals surface area contributed by atoms with Gasteiger partial charge in [0.05, 0.1) is 0 Å². The van der Waals surface area contributed by atoms with Gasteiger partial charge in [0, 0.05) is 19.1 Å². The van der Waals surface area contributed by atoms with Crippen LogP contribution in [0.4, 0.5) is 0 Å². The van der Waals surface area contributed by atoms with E-state index in [0.717, 1.165) is 31.0 Å². The molecule has 0 saturated carbocycles. The van der Waals surface area contributed by atoms with Crippen LogP contribution in [0.15, 0.2) is 4.63 Å². The van der Waals surface area contributed by atoms with Crippen molar-refractivity contribution in [3.63, 3.8) is 0 Å². The summed E-state index contributed by atoms with van der Waals surface area (Å²) in [6.45, 7) is 6.82. The minimum Gasteiger partial charge on any atom is -0.330 e. The molecule has 1 aliphatic heterocycles. The summed E-state index contributed by atoms with van der Waals surface area (Å²) in [5, 5.41) is 7.69. The maximum absolute atomic E-state index is 5.69. The van der Waals surface area contributed by atoms with Gasteiger partial charge in [-0.1, -0.05) is 10.3 Å². The third-order valence-electron chi connectivity index (χ3n) is 3.22. The van der Waals surface area contributed by atoms with E-state index in [9.17, 15) is 0 Å². The van der Waals surface area contributed by atoms with Crippen molar-refractivity contribution in [3.05, 3.63) is 11.4 Å². The van der Waals surface area contributed by atoms with Gasteiger partial charge in [-0.2, -0.15) is 0 Å². The quantitative estimate of drug-likeness (QED) is 0.789. The Morgan fingerprint density at radius 3 is 2.87 bits per heavy atom. The first-order valence-corrected chi connectivity index (χ1v) is 5.43. The number of aryl methyl sites for hydroxylation is 1. The maximum atomic E-state index is 5.69. The van der Waals surface area contributed by atoms with E-state index in [-0.39, 0.29) is 0 Å². The molecule has 5 nitrogen and oxygen atoms in total. The molecule has 0 spiro atoms. The zero-order chi connectivity index (χ0) is 10.8. The normalized spacial score (nSPS) is 27.4. The van der Waals surface area contributed by atoms with Gasteiger partial charge in [0.25, 0.3) is 0 Å². The number of likely N-dealkylation sites (tertiary alicyclic amines) is 1. The summed E-state index contributed by atoms with van der Waals surface area (Å²) in [6.07, 6.45) is 1.18. The molecule has 2 N–H and O–H groups in total. The Morgan fingerprint density at radius 2 is 2.33 bits per heavy atom. The summed E-state index contributed by atoms with van der Waals surface area (Å²) in [6, 6.07) is 0.578. The standard InChI is InChI=1S/C10H18N4O/c1-7-3-9(4-11)5-14(7)6-10-8(2)12-15-13-10/h7,9H,3-6,11H2,1-2H3. The van der Waals surface area contributed by atoms with Gasteiger partial charge in [-0.05, 0) is 32.7 Å². The molecule has 0 amide bonds. The Labute approximate surface area is 89.6 Å². The van der Waals surface area contributed by atoms with Gasteiger partial charge < -0.3 is 5.73 Å². The average molecular weight is 210 g/mol. The van der Waals surface area contributed by atoms with Gasteiger partial charge in [-0.3, -0.25) is 4.90 Å². The van der Waals surface area contributed by atoms with Crippen LogP contribution in [0, 0.1) is 12.8 Å². The molecule has 15 heavy (non-hydrogen) atoms. The number of hydrogen-bond donors (Lipinski definition) is 1. The molecule has 1 aliphatic rings. The number of nitrogens with two attached hydrogens (primary N) is 1. The molecule has 0 radical (unpaired) electrons. The second kappa shape index (κ2) is 4.28. The highest BCUT2D eigenvalue weighted by Gasteiger charge is 2.28. The maximum Gasteiger partial charge on any atom is 0.122 e. The van der Waals surface area contributed by atoms with Crippen LogP contribution in [0.5, 0.6) is 0 Å². The van der Waals surface area contributed by atoms with E-state index in [1.54, 1.807) is 0 Å². The van der Waals surface area contributed by atoms with E-state index in [0.29, 0.717) is 12.0 Å². The molecule has 1 aromatic rings. The first kappa shape index (κ1) is 10.6. The number of rotatable bonds is 3. The average Bonchev–Trinajstić information content (AvgIpc) is 2.76. The van der Waals surface area contributed by atoms with E-state index in [4.69, 9.17) is 10.4 Å². The second-order valence-electron chi connectivity index (χ2n) is 4.41. The highest BCUT2D eigenvalue weighted by atomic mass is 16.6. The van der Waals surface area contributed by atoms with Crippen molar-refractivity contribution >= 4 is 0 Å². The van der Waals surface area contributed by atoms with Crippen molar-refractivity contribution in [2.24, 2.45) is 11.7 Å². The smallest absolute Gasteiger partial charge is 0.122 e. The fourth-order valence-electron chi connectivity index (χ4n) is 2.19. The highest BCUT2D eigenvalue weighted by molar-refractivity contribution is 5.05. The van der Waals surface area contributed by atoms with Crippen LogP contribution in [0.25, 0.3) is 0 Å². The molecule has 0 bridgehead atoms. The van der Waals surface area contributed by atoms with Crippen molar-refractivity contribution in [1.82, 2.24) is 15.2 Å². The summed E-state index contributed by atoms with van der Waals surface area (Å²) < 4.78 is 4.69. The van der Waals surface area contributed by atoms with Gasteiger partial charge in [-0.15, -0.1) is 0 Å². The first-order chi connectivity index (χ1) is 7.20. The minimum absolute atomic E-state index is 0.578. The molecule has 5 heteroatoms. The molecule has 84 valence electrons. The van der Waals surface area contributed by atoms with E-state index < -0.39 is 0 Å². The number of aromatic nitrogens is 2. The van der Waals surface area contributed by atoms with Crippen molar-refractivity contribution < 1.29 is 4.63 Å². The van der Waals surface area contributed by atoms with E-state index in [1.807, 2.05) is 6.92 Å². The topological polar surface area (TPSA) is 68.2 Å². The minimum atomic E-state index is 0.578. The van der Waals surface area contributed by atoms with Crippen LogP contribution < -0.4 is 5.73 Å².